The molecule has 27 heavy (non-hydrogen) atoms. The molecule has 7 heteroatoms. The van der Waals surface area contributed by atoms with Gasteiger partial charge in [-0.25, -0.2) is 0 Å². The van der Waals surface area contributed by atoms with Gasteiger partial charge in [-0.05, 0) is 25.7 Å². The van der Waals surface area contributed by atoms with Crippen molar-refractivity contribution in [1.82, 2.24) is 0 Å². The zero-order valence-corrected chi connectivity index (χ0v) is 19.6. The van der Waals surface area contributed by atoms with E-state index in [1.807, 2.05) is 0 Å². The van der Waals surface area contributed by atoms with Crippen molar-refractivity contribution in [3.8, 4) is 0 Å². The number of hydrogen-bond acceptors (Lipinski definition) is 4. The molecular formula is C20H44O6Ti. The molecule has 0 fully saturated rings. The van der Waals surface area contributed by atoms with Crippen LogP contribution in [-0.4, -0.2) is 45.6 Å². The first kappa shape index (κ1) is 37.3. The van der Waals surface area contributed by atoms with Crippen molar-refractivity contribution >= 4 is 11.9 Å². The van der Waals surface area contributed by atoms with Gasteiger partial charge in [-0.1, -0.05) is 66.2 Å². The molecule has 0 radical (unpaired) electrons. The summed E-state index contributed by atoms with van der Waals surface area (Å²) in [7, 11) is 0. The Bertz CT molecular complexity index is 233. The van der Waals surface area contributed by atoms with E-state index in [0.717, 1.165) is 64.2 Å². The van der Waals surface area contributed by atoms with Crippen LogP contribution >= 0.6 is 0 Å². The number of carbonyl (C=O) groups is 2. The van der Waals surface area contributed by atoms with Gasteiger partial charge in [-0.2, -0.15) is 0 Å². The van der Waals surface area contributed by atoms with E-state index < -0.39 is 11.9 Å². The SMILES string of the molecule is CCCCCC(=O)O.CCCCCC(=O)O.CCCCO.CCCCO.[Ti]. The van der Waals surface area contributed by atoms with E-state index in [4.69, 9.17) is 20.4 Å². The minimum Gasteiger partial charge on any atom is -0.481 e. The van der Waals surface area contributed by atoms with Crippen molar-refractivity contribution in [3.05, 3.63) is 0 Å². The van der Waals surface area contributed by atoms with Gasteiger partial charge < -0.3 is 20.4 Å². The van der Waals surface area contributed by atoms with Crippen molar-refractivity contribution in [1.29, 1.82) is 0 Å². The average Bonchev–Trinajstić information content (AvgIpc) is 2.58. The molecule has 0 unspecified atom stereocenters. The number of aliphatic carboxylic acids is 2. The van der Waals surface area contributed by atoms with Crippen LogP contribution in [0.15, 0.2) is 0 Å². The van der Waals surface area contributed by atoms with Crippen LogP contribution < -0.4 is 0 Å². The monoisotopic (exact) mass is 428 g/mol. The molecule has 0 atom stereocenters. The second kappa shape index (κ2) is 40.3. The number of carboxylic acid groups (broad SMARTS) is 2. The number of aliphatic hydroxyl groups is 2. The molecule has 0 heterocycles. The van der Waals surface area contributed by atoms with E-state index in [9.17, 15) is 9.59 Å². The van der Waals surface area contributed by atoms with Gasteiger partial charge in [0.05, 0.1) is 0 Å². The fourth-order valence-electron chi connectivity index (χ4n) is 1.37. The Balaban J connectivity index is -0.0000000807. The Hall–Kier alpha value is -0.426. The Morgan fingerprint density at radius 2 is 0.815 bits per heavy atom. The molecule has 6 nitrogen and oxygen atoms in total. The number of aliphatic hydroxyl groups excluding tert-OH is 2. The summed E-state index contributed by atoms with van der Waals surface area (Å²) in [5, 5.41) is 32.4. The smallest absolute Gasteiger partial charge is 0.303 e. The predicted molar refractivity (Wildman–Crippen MR) is 108 cm³/mol. The van der Waals surface area contributed by atoms with E-state index >= 15 is 0 Å². The average molecular weight is 428 g/mol. The number of hydrogen-bond donors (Lipinski definition) is 4. The molecule has 4 N–H and O–H groups in total. The quantitative estimate of drug-likeness (QED) is 0.261. The minimum absolute atomic E-state index is 0. The summed E-state index contributed by atoms with van der Waals surface area (Å²) in [6.45, 7) is 8.91. The third-order valence-electron chi connectivity index (χ3n) is 3.01. The maximum atomic E-state index is 9.87. The van der Waals surface area contributed by atoms with Gasteiger partial charge in [0.25, 0.3) is 0 Å². The normalized spacial score (nSPS) is 8.52. The molecule has 0 aliphatic rings. The van der Waals surface area contributed by atoms with E-state index in [2.05, 4.69) is 27.7 Å². The number of unbranched alkanes of at least 4 members (excludes halogenated alkanes) is 6. The van der Waals surface area contributed by atoms with Crippen LogP contribution in [0.2, 0.25) is 0 Å². The molecule has 0 aromatic heterocycles. The van der Waals surface area contributed by atoms with E-state index in [1.54, 1.807) is 0 Å². The molecule has 0 saturated heterocycles. The largest absolute Gasteiger partial charge is 0.481 e. The van der Waals surface area contributed by atoms with E-state index in [0.29, 0.717) is 26.1 Å². The molecule has 0 bridgehead atoms. The molecule has 0 rings (SSSR count). The van der Waals surface area contributed by atoms with Gasteiger partial charge in [-0.15, -0.1) is 0 Å². The first-order chi connectivity index (χ1) is 12.4. The Morgan fingerprint density at radius 3 is 0.926 bits per heavy atom. The van der Waals surface area contributed by atoms with Crippen LogP contribution in [0.5, 0.6) is 0 Å². The second-order valence-electron chi connectivity index (χ2n) is 5.86. The second-order valence-corrected chi connectivity index (χ2v) is 5.86. The van der Waals surface area contributed by atoms with Gasteiger partial charge in [0.1, 0.15) is 0 Å². The number of rotatable bonds is 12. The summed E-state index contributed by atoms with van der Waals surface area (Å²) in [6, 6.07) is 0. The summed E-state index contributed by atoms with van der Waals surface area (Å²) in [6.07, 6.45) is 10.6. The third kappa shape index (κ3) is 77.1. The van der Waals surface area contributed by atoms with Crippen LogP contribution in [0.3, 0.4) is 0 Å². The first-order valence-corrected chi connectivity index (χ1v) is 10.0. The summed E-state index contributed by atoms with van der Waals surface area (Å²) in [4.78, 5) is 19.7. The molecule has 0 saturated carbocycles. The third-order valence-corrected chi connectivity index (χ3v) is 3.01. The molecule has 0 aromatic rings. The van der Waals surface area contributed by atoms with Gasteiger partial charge in [0.15, 0.2) is 0 Å². The minimum atomic E-state index is -0.682. The van der Waals surface area contributed by atoms with Gasteiger partial charge in [0, 0.05) is 47.8 Å². The van der Waals surface area contributed by atoms with Crippen LogP contribution in [0.4, 0.5) is 0 Å². The van der Waals surface area contributed by atoms with Crippen LogP contribution in [0.25, 0.3) is 0 Å². The van der Waals surface area contributed by atoms with Crippen molar-refractivity contribution in [2.75, 3.05) is 13.2 Å². The molecule has 0 aromatic carbocycles. The van der Waals surface area contributed by atoms with Crippen molar-refractivity contribution in [3.63, 3.8) is 0 Å². The molecular weight excluding hydrogens is 384 g/mol. The van der Waals surface area contributed by atoms with Crippen LogP contribution in [0.1, 0.15) is 105 Å². The fourth-order valence-corrected chi connectivity index (χ4v) is 1.37. The zero-order chi connectivity index (χ0) is 21.1. The Kier molecular flexibility index (Phi) is 55.7. The zero-order valence-electron chi connectivity index (χ0n) is 18.0. The van der Waals surface area contributed by atoms with E-state index in [1.165, 1.54) is 0 Å². The maximum Gasteiger partial charge on any atom is 0.303 e. The van der Waals surface area contributed by atoms with Gasteiger partial charge in [0.2, 0.25) is 0 Å². The standard InChI is InChI=1S/2C6H12O2.2C4H10O.Ti/c2*1-2-3-4-5-6(7)8;2*1-2-3-4-5;/h2*2-5H2,1H3,(H,7,8);2*5H,2-4H2,1H3;. The summed E-state index contributed by atoms with van der Waals surface area (Å²) >= 11 is 0. The van der Waals surface area contributed by atoms with Crippen LogP contribution in [0, 0.1) is 0 Å². The summed E-state index contributed by atoms with van der Waals surface area (Å²) in [5.41, 5.74) is 0. The first-order valence-electron chi connectivity index (χ1n) is 10.0. The molecule has 164 valence electrons. The Labute approximate surface area is 181 Å². The van der Waals surface area contributed by atoms with Gasteiger partial charge >= 0.3 is 11.9 Å². The summed E-state index contributed by atoms with van der Waals surface area (Å²) < 4.78 is 0. The van der Waals surface area contributed by atoms with Crippen molar-refractivity contribution < 1.29 is 51.7 Å². The molecule has 0 spiro atoms. The Morgan fingerprint density at radius 1 is 0.556 bits per heavy atom. The van der Waals surface area contributed by atoms with Crippen molar-refractivity contribution in [2.45, 2.75) is 105 Å². The van der Waals surface area contributed by atoms with Crippen LogP contribution in [-0.2, 0) is 31.3 Å². The molecule has 0 aliphatic carbocycles. The fraction of sp³-hybridized carbons (Fsp3) is 0.900. The van der Waals surface area contributed by atoms with Gasteiger partial charge in [-0.3, -0.25) is 9.59 Å². The van der Waals surface area contributed by atoms with E-state index in [-0.39, 0.29) is 21.7 Å². The van der Waals surface area contributed by atoms with Crippen molar-refractivity contribution in [2.24, 2.45) is 0 Å². The number of carboxylic acids is 2. The maximum absolute atomic E-state index is 9.87. The molecule has 0 aliphatic heterocycles. The summed E-state index contributed by atoms with van der Waals surface area (Å²) in [5.74, 6) is -1.36. The predicted octanol–water partition coefficient (Wildman–Crippen LogP) is 4.86. The molecule has 0 amide bonds. The topological polar surface area (TPSA) is 115 Å².